The van der Waals surface area contributed by atoms with Crippen LogP contribution in [0.3, 0.4) is 0 Å². The van der Waals surface area contributed by atoms with Crippen LogP contribution in [0.5, 0.6) is 0 Å². The first kappa shape index (κ1) is 12.0. The standard InChI is InChI=1S/C12H22BP/c1-10(2)14(4,5,11(3)13)12-8-6-7-9-12/h6-12H,1-5H3. The molecule has 0 heterocycles. The molecule has 0 bridgehead atoms. The molecule has 1 rings (SSSR count). The fraction of sp³-hybridized carbons (Fsp3) is 0.667. The molecule has 0 aromatic rings. The molecular weight excluding hydrogens is 186 g/mol. The molecule has 0 amide bonds. The van der Waals surface area contributed by atoms with Crippen LogP contribution < -0.4 is 0 Å². The molecule has 0 saturated carbocycles. The third-order valence-corrected chi connectivity index (χ3v) is 12.6. The van der Waals surface area contributed by atoms with Gasteiger partial charge in [-0.05, 0) is 0 Å². The Morgan fingerprint density at radius 2 is 1.50 bits per heavy atom. The summed E-state index contributed by atoms with van der Waals surface area (Å²) in [6.07, 6.45) is 8.95. The number of rotatable bonds is 3. The molecule has 1 aliphatic rings. The van der Waals surface area contributed by atoms with Gasteiger partial charge in [-0.25, -0.2) is 0 Å². The van der Waals surface area contributed by atoms with Gasteiger partial charge in [0.05, 0.1) is 0 Å². The van der Waals surface area contributed by atoms with Gasteiger partial charge in [0.1, 0.15) is 0 Å². The van der Waals surface area contributed by atoms with Gasteiger partial charge in [0.2, 0.25) is 0 Å². The average Bonchev–Trinajstić information content (AvgIpc) is 2.55. The van der Waals surface area contributed by atoms with Gasteiger partial charge < -0.3 is 0 Å². The predicted molar refractivity (Wildman–Crippen MR) is 71.2 cm³/mol. The van der Waals surface area contributed by atoms with E-state index in [0.29, 0.717) is 16.9 Å². The molecule has 0 fully saturated rings. The molecule has 0 aromatic heterocycles. The summed E-state index contributed by atoms with van der Waals surface area (Å²) in [5, 5.41) is 0. The van der Waals surface area contributed by atoms with Crippen LogP contribution in [0.1, 0.15) is 20.8 Å². The molecule has 0 aliphatic heterocycles. The first-order valence-corrected chi connectivity index (χ1v) is 8.74. The molecule has 1 atom stereocenters. The molecule has 0 N–H and O–H groups in total. The van der Waals surface area contributed by atoms with E-state index in [-0.39, 0.29) is 0 Å². The van der Waals surface area contributed by atoms with E-state index in [4.69, 9.17) is 7.85 Å². The second kappa shape index (κ2) is 3.52. The number of allylic oxidation sites excluding steroid dienone is 4. The zero-order valence-electron chi connectivity index (χ0n) is 10.1. The van der Waals surface area contributed by atoms with E-state index >= 15 is 0 Å². The van der Waals surface area contributed by atoms with Gasteiger partial charge in [-0.3, -0.25) is 0 Å². The van der Waals surface area contributed by atoms with Crippen molar-refractivity contribution in [2.75, 3.05) is 13.3 Å². The first-order chi connectivity index (χ1) is 6.29. The van der Waals surface area contributed by atoms with E-state index in [1.165, 1.54) is 0 Å². The van der Waals surface area contributed by atoms with Crippen molar-refractivity contribution in [2.24, 2.45) is 0 Å². The van der Waals surface area contributed by atoms with Crippen molar-refractivity contribution < 1.29 is 0 Å². The molecule has 14 heavy (non-hydrogen) atoms. The molecule has 2 heteroatoms. The van der Waals surface area contributed by atoms with Crippen molar-refractivity contribution in [1.82, 2.24) is 0 Å². The van der Waals surface area contributed by atoms with Gasteiger partial charge in [0.15, 0.2) is 0 Å². The normalized spacial score (nSPS) is 22.6. The summed E-state index contributed by atoms with van der Waals surface area (Å²) in [7, 11) is 6.28. The number of hydrogen-bond donors (Lipinski definition) is 0. The Hall–Kier alpha value is -0.0251. The third kappa shape index (κ3) is 1.50. The van der Waals surface area contributed by atoms with Gasteiger partial charge in [0, 0.05) is 0 Å². The summed E-state index contributed by atoms with van der Waals surface area (Å²) < 4.78 is 0. The molecular formula is C12H22BP. The van der Waals surface area contributed by atoms with Crippen LogP contribution in [-0.2, 0) is 0 Å². The van der Waals surface area contributed by atoms with Crippen molar-refractivity contribution in [3.8, 4) is 0 Å². The molecule has 0 spiro atoms. The van der Waals surface area contributed by atoms with Crippen LogP contribution in [0.4, 0.5) is 0 Å². The molecule has 0 nitrogen and oxygen atoms in total. The Balaban J connectivity index is 3.16. The van der Waals surface area contributed by atoms with Crippen LogP contribution >= 0.6 is 6.60 Å². The summed E-state index contributed by atoms with van der Waals surface area (Å²) in [6.45, 7) is 9.85. The molecule has 78 valence electrons. The second-order valence-electron chi connectivity index (χ2n) is 5.54. The van der Waals surface area contributed by atoms with Crippen LogP contribution in [0.2, 0.25) is 0 Å². The van der Waals surface area contributed by atoms with Gasteiger partial charge in [-0.1, -0.05) is 0 Å². The Bertz CT molecular complexity index is 250. The van der Waals surface area contributed by atoms with E-state index in [9.17, 15) is 0 Å². The van der Waals surface area contributed by atoms with E-state index in [1.807, 2.05) is 0 Å². The Kier molecular flexibility index (Phi) is 3.03. The molecule has 0 saturated heterocycles. The first-order valence-electron chi connectivity index (χ1n) is 5.40. The third-order valence-electron chi connectivity index (χ3n) is 4.58. The average molecular weight is 208 g/mol. The van der Waals surface area contributed by atoms with Gasteiger partial charge in [-0.2, -0.15) is 0 Å². The second-order valence-corrected chi connectivity index (χ2v) is 12.9. The van der Waals surface area contributed by atoms with Crippen molar-refractivity contribution in [2.45, 2.75) is 37.6 Å². The van der Waals surface area contributed by atoms with Gasteiger partial charge >= 0.3 is 89.7 Å². The van der Waals surface area contributed by atoms with Gasteiger partial charge in [-0.15, -0.1) is 0 Å². The van der Waals surface area contributed by atoms with E-state index < -0.39 is 6.60 Å². The van der Waals surface area contributed by atoms with Crippen molar-refractivity contribution >= 4 is 14.4 Å². The maximum absolute atomic E-state index is 6.28. The Morgan fingerprint density at radius 1 is 1.07 bits per heavy atom. The van der Waals surface area contributed by atoms with E-state index in [1.54, 1.807) is 0 Å². The molecule has 0 aromatic carbocycles. The summed E-state index contributed by atoms with van der Waals surface area (Å²) in [4.78, 5) is 0. The summed E-state index contributed by atoms with van der Waals surface area (Å²) in [5.41, 5.74) is 1.57. The van der Waals surface area contributed by atoms with Crippen LogP contribution in [0.25, 0.3) is 0 Å². The minimum absolute atomic E-state index is 0.304. The Morgan fingerprint density at radius 3 is 1.79 bits per heavy atom. The van der Waals surface area contributed by atoms with E-state index in [0.717, 1.165) is 0 Å². The zero-order valence-corrected chi connectivity index (χ0v) is 11.0. The SMILES string of the molecule is [B]C(C)P(C)(C)(C(C)C)C1C=CC=C1. The molecule has 1 aliphatic carbocycles. The van der Waals surface area contributed by atoms with Crippen LogP contribution in [-0.4, -0.2) is 38.1 Å². The minimum atomic E-state index is -1.85. The number of hydrogen-bond acceptors (Lipinski definition) is 0. The van der Waals surface area contributed by atoms with E-state index in [2.05, 4.69) is 58.4 Å². The quantitative estimate of drug-likeness (QED) is 0.493. The van der Waals surface area contributed by atoms with Gasteiger partial charge in [0.25, 0.3) is 0 Å². The fourth-order valence-corrected chi connectivity index (χ4v) is 5.51. The Labute approximate surface area is 90.2 Å². The van der Waals surface area contributed by atoms with Crippen LogP contribution in [0, 0.1) is 0 Å². The monoisotopic (exact) mass is 208 g/mol. The molecule has 1 unspecified atom stereocenters. The summed E-state index contributed by atoms with van der Waals surface area (Å²) >= 11 is 0. The topological polar surface area (TPSA) is 0 Å². The van der Waals surface area contributed by atoms with Crippen LogP contribution in [0.15, 0.2) is 24.3 Å². The zero-order chi connectivity index (χ0) is 11.0. The van der Waals surface area contributed by atoms with Crippen molar-refractivity contribution in [3.05, 3.63) is 24.3 Å². The summed E-state index contributed by atoms with van der Waals surface area (Å²) in [5.74, 6) is 0. The van der Waals surface area contributed by atoms with Crippen molar-refractivity contribution in [1.29, 1.82) is 0 Å². The molecule has 2 radical (unpaired) electrons. The van der Waals surface area contributed by atoms with Crippen molar-refractivity contribution in [3.63, 3.8) is 0 Å². The predicted octanol–water partition coefficient (Wildman–Crippen LogP) is 3.22. The fourth-order valence-electron chi connectivity index (χ4n) is 2.05. The summed E-state index contributed by atoms with van der Waals surface area (Å²) in [6, 6.07) is 0. The maximum atomic E-state index is 6.28.